The minimum absolute atomic E-state index is 0. The number of hydrogen-bond donors (Lipinski definition) is 2. The molecule has 1 aliphatic carbocycles. The van der Waals surface area contributed by atoms with Gasteiger partial charge < -0.3 is 20.1 Å². The Labute approximate surface area is 180 Å². The van der Waals surface area contributed by atoms with Crippen molar-refractivity contribution in [2.24, 2.45) is 12.0 Å². The minimum Gasteiger partial charge on any atom is -0.354 e. The molecule has 2 aliphatic rings. The first-order valence-corrected chi connectivity index (χ1v) is 10.3. The third-order valence-electron chi connectivity index (χ3n) is 5.73. The van der Waals surface area contributed by atoms with Gasteiger partial charge in [-0.2, -0.15) is 0 Å². The van der Waals surface area contributed by atoms with Gasteiger partial charge in [-0.05, 0) is 45.6 Å². The third kappa shape index (κ3) is 6.58. The average molecular weight is 489 g/mol. The quantitative estimate of drug-likeness (QED) is 0.365. The first-order valence-electron chi connectivity index (χ1n) is 10.3. The summed E-state index contributed by atoms with van der Waals surface area (Å²) in [7, 11) is 2.00. The molecule has 2 N–H and O–H groups in total. The molecule has 8 heteroatoms. The SMILES string of the molecule is CCCN1CCC(NC(=NCc2nnc(C)n2C)NC2CCCC2)CC1.I. The number of nitrogens with one attached hydrogen (secondary N) is 2. The van der Waals surface area contributed by atoms with Crippen LogP contribution in [0.1, 0.15) is 63.5 Å². The maximum absolute atomic E-state index is 4.84. The molecule has 154 valence electrons. The maximum Gasteiger partial charge on any atom is 0.192 e. The van der Waals surface area contributed by atoms with Crippen LogP contribution in [-0.4, -0.2) is 57.3 Å². The van der Waals surface area contributed by atoms with Gasteiger partial charge in [0, 0.05) is 32.2 Å². The Hall–Kier alpha value is -0.900. The van der Waals surface area contributed by atoms with Crippen LogP contribution < -0.4 is 10.6 Å². The molecule has 27 heavy (non-hydrogen) atoms. The van der Waals surface area contributed by atoms with E-state index in [9.17, 15) is 0 Å². The lowest BCUT2D eigenvalue weighted by Gasteiger charge is -2.33. The lowest BCUT2D eigenvalue weighted by molar-refractivity contribution is 0.206. The largest absolute Gasteiger partial charge is 0.354 e. The second kappa shape index (κ2) is 11.2. The van der Waals surface area contributed by atoms with E-state index in [2.05, 4.69) is 32.7 Å². The van der Waals surface area contributed by atoms with E-state index in [0.717, 1.165) is 17.6 Å². The smallest absolute Gasteiger partial charge is 0.192 e. The summed E-state index contributed by atoms with van der Waals surface area (Å²) in [5.41, 5.74) is 0. The van der Waals surface area contributed by atoms with Crippen LogP contribution in [0.15, 0.2) is 4.99 Å². The van der Waals surface area contributed by atoms with E-state index in [1.807, 2.05) is 18.5 Å². The van der Waals surface area contributed by atoms with E-state index in [-0.39, 0.29) is 24.0 Å². The van der Waals surface area contributed by atoms with Gasteiger partial charge in [0.1, 0.15) is 12.4 Å². The zero-order chi connectivity index (χ0) is 18.4. The van der Waals surface area contributed by atoms with Crippen molar-refractivity contribution in [3.8, 4) is 0 Å². The van der Waals surface area contributed by atoms with Crippen LogP contribution in [0.25, 0.3) is 0 Å². The lowest BCUT2D eigenvalue weighted by Crippen LogP contribution is -2.50. The minimum atomic E-state index is 0. The summed E-state index contributed by atoms with van der Waals surface area (Å²) in [6, 6.07) is 1.07. The van der Waals surface area contributed by atoms with Gasteiger partial charge in [-0.1, -0.05) is 19.8 Å². The monoisotopic (exact) mass is 489 g/mol. The summed E-state index contributed by atoms with van der Waals surface area (Å²) in [5, 5.41) is 15.7. The number of rotatable bonds is 6. The van der Waals surface area contributed by atoms with Crippen LogP contribution in [0.3, 0.4) is 0 Å². The van der Waals surface area contributed by atoms with Crippen LogP contribution in [-0.2, 0) is 13.6 Å². The van der Waals surface area contributed by atoms with E-state index in [1.165, 1.54) is 64.6 Å². The Kier molecular flexibility index (Phi) is 9.28. The zero-order valence-corrected chi connectivity index (χ0v) is 19.4. The predicted octanol–water partition coefficient (Wildman–Crippen LogP) is 2.59. The van der Waals surface area contributed by atoms with Gasteiger partial charge in [0.25, 0.3) is 0 Å². The van der Waals surface area contributed by atoms with Gasteiger partial charge in [0.15, 0.2) is 11.8 Å². The topological polar surface area (TPSA) is 70.4 Å². The van der Waals surface area contributed by atoms with E-state index < -0.39 is 0 Å². The Balaban J connectivity index is 0.00000261. The molecule has 2 fully saturated rings. The van der Waals surface area contributed by atoms with E-state index in [4.69, 9.17) is 4.99 Å². The van der Waals surface area contributed by atoms with Gasteiger partial charge in [-0.25, -0.2) is 4.99 Å². The lowest BCUT2D eigenvalue weighted by atomic mass is 10.1. The molecule has 3 rings (SSSR count). The van der Waals surface area contributed by atoms with Crippen molar-refractivity contribution in [1.29, 1.82) is 0 Å². The second-order valence-corrected chi connectivity index (χ2v) is 7.77. The van der Waals surface area contributed by atoms with Gasteiger partial charge >= 0.3 is 0 Å². The molecule has 0 aromatic carbocycles. The van der Waals surface area contributed by atoms with Crippen LogP contribution in [0.4, 0.5) is 0 Å². The first-order chi connectivity index (χ1) is 12.7. The number of aryl methyl sites for hydroxylation is 1. The molecule has 1 saturated heterocycles. The zero-order valence-electron chi connectivity index (χ0n) is 17.1. The van der Waals surface area contributed by atoms with Crippen LogP contribution in [0.5, 0.6) is 0 Å². The number of guanidine groups is 1. The van der Waals surface area contributed by atoms with Gasteiger partial charge in [0.05, 0.1) is 0 Å². The Morgan fingerprint density at radius 1 is 1.07 bits per heavy atom. The first kappa shape index (κ1) is 22.4. The normalized spacial score (nSPS) is 19.9. The summed E-state index contributed by atoms with van der Waals surface area (Å²) >= 11 is 0. The molecule has 2 heterocycles. The number of piperidine rings is 1. The molecule has 1 saturated carbocycles. The molecule has 1 aliphatic heterocycles. The molecule has 0 atom stereocenters. The number of halogens is 1. The molecule has 7 nitrogen and oxygen atoms in total. The second-order valence-electron chi connectivity index (χ2n) is 7.77. The molecule has 0 unspecified atom stereocenters. The number of aliphatic imine (C=N–C) groups is 1. The molecule has 0 spiro atoms. The third-order valence-corrected chi connectivity index (χ3v) is 5.73. The molecule has 0 amide bonds. The van der Waals surface area contributed by atoms with Crippen molar-refractivity contribution >= 4 is 29.9 Å². The van der Waals surface area contributed by atoms with Crippen molar-refractivity contribution in [1.82, 2.24) is 30.3 Å². The fraction of sp³-hybridized carbons (Fsp3) is 0.842. The highest BCUT2D eigenvalue weighted by Crippen LogP contribution is 2.18. The number of nitrogens with zero attached hydrogens (tertiary/aromatic N) is 5. The highest BCUT2D eigenvalue weighted by atomic mass is 127. The van der Waals surface area contributed by atoms with E-state index >= 15 is 0 Å². The Bertz CT molecular complexity index is 587. The highest BCUT2D eigenvalue weighted by molar-refractivity contribution is 14.0. The summed E-state index contributed by atoms with van der Waals surface area (Å²) in [6.45, 7) is 8.39. The van der Waals surface area contributed by atoms with Crippen molar-refractivity contribution in [3.63, 3.8) is 0 Å². The summed E-state index contributed by atoms with van der Waals surface area (Å²) in [6.07, 6.45) is 8.76. The van der Waals surface area contributed by atoms with Crippen LogP contribution >= 0.6 is 24.0 Å². The Morgan fingerprint density at radius 3 is 2.26 bits per heavy atom. The molecule has 0 radical (unpaired) electrons. The highest BCUT2D eigenvalue weighted by Gasteiger charge is 2.22. The fourth-order valence-electron chi connectivity index (χ4n) is 3.95. The molecular weight excluding hydrogens is 453 g/mol. The number of aromatic nitrogens is 3. The van der Waals surface area contributed by atoms with Gasteiger partial charge in [-0.3, -0.25) is 0 Å². The molecule has 1 aromatic rings. The predicted molar refractivity (Wildman–Crippen MR) is 121 cm³/mol. The maximum atomic E-state index is 4.84. The average Bonchev–Trinajstić information content (AvgIpc) is 3.26. The number of likely N-dealkylation sites (tertiary alicyclic amines) is 1. The summed E-state index contributed by atoms with van der Waals surface area (Å²) in [5.74, 6) is 2.79. The number of hydrogen-bond acceptors (Lipinski definition) is 4. The van der Waals surface area contributed by atoms with E-state index in [1.54, 1.807) is 0 Å². The van der Waals surface area contributed by atoms with Crippen molar-refractivity contribution in [2.45, 2.75) is 77.4 Å². The standard InChI is InChI=1S/C19H35N7.HI/c1-4-11-26-12-9-17(10-13-26)22-19(21-16-7-5-6-8-16)20-14-18-24-23-15(2)25(18)3;/h16-17H,4-14H2,1-3H3,(H2,20,21,22);1H. The van der Waals surface area contributed by atoms with Crippen LogP contribution in [0.2, 0.25) is 0 Å². The molecule has 0 bridgehead atoms. The van der Waals surface area contributed by atoms with Crippen molar-refractivity contribution < 1.29 is 0 Å². The fourth-order valence-corrected chi connectivity index (χ4v) is 3.95. The summed E-state index contributed by atoms with van der Waals surface area (Å²) < 4.78 is 2.01. The van der Waals surface area contributed by atoms with Gasteiger partial charge in [-0.15, -0.1) is 34.2 Å². The van der Waals surface area contributed by atoms with Crippen LogP contribution in [0, 0.1) is 6.92 Å². The summed E-state index contributed by atoms with van der Waals surface area (Å²) in [4.78, 5) is 7.41. The Morgan fingerprint density at radius 2 is 1.70 bits per heavy atom. The van der Waals surface area contributed by atoms with Crippen molar-refractivity contribution in [2.75, 3.05) is 19.6 Å². The van der Waals surface area contributed by atoms with Gasteiger partial charge in [0.2, 0.25) is 0 Å². The van der Waals surface area contributed by atoms with E-state index in [0.29, 0.717) is 18.6 Å². The van der Waals surface area contributed by atoms with Crippen molar-refractivity contribution in [3.05, 3.63) is 11.6 Å². The molecule has 1 aromatic heterocycles. The molecular formula is C19H36IN7.